The van der Waals surface area contributed by atoms with E-state index in [1.165, 1.54) is 0 Å². The van der Waals surface area contributed by atoms with Crippen LogP contribution in [0, 0.1) is 11.3 Å². The molecule has 9 nitrogen and oxygen atoms in total. The Balaban J connectivity index is 1.33. The number of carbonyl (C=O) groups is 3. The van der Waals surface area contributed by atoms with Gasteiger partial charge in [-0.05, 0) is 61.8 Å². The molecule has 5 rings (SSSR count). The topological polar surface area (TPSA) is 134 Å². The van der Waals surface area contributed by atoms with Gasteiger partial charge in [0.25, 0.3) is 0 Å². The Kier molecular flexibility index (Phi) is 9.59. The molecule has 4 atom stereocenters. The summed E-state index contributed by atoms with van der Waals surface area (Å²) < 4.78 is 5.59. The summed E-state index contributed by atoms with van der Waals surface area (Å²) in [4.78, 5) is 42.7. The van der Waals surface area contributed by atoms with E-state index in [4.69, 9.17) is 10.5 Å². The molecule has 9 heteroatoms. The molecule has 3 aliphatic heterocycles. The highest BCUT2D eigenvalue weighted by molar-refractivity contribution is 5.90. The highest BCUT2D eigenvalue weighted by Crippen LogP contribution is 2.36. The third-order valence-electron chi connectivity index (χ3n) is 9.03. The molecule has 2 aromatic rings. The molecular weight excluding hydrogens is 532 g/mol. The van der Waals surface area contributed by atoms with E-state index in [9.17, 15) is 19.5 Å². The van der Waals surface area contributed by atoms with Gasteiger partial charge in [-0.25, -0.2) is 0 Å². The van der Waals surface area contributed by atoms with E-state index in [2.05, 4.69) is 22.8 Å². The second kappa shape index (κ2) is 13.5. The van der Waals surface area contributed by atoms with Crippen LogP contribution in [0.15, 0.2) is 66.7 Å². The number of nitrogens with two attached hydrogens (primary N) is 1. The fourth-order valence-electron chi connectivity index (χ4n) is 6.39. The van der Waals surface area contributed by atoms with E-state index >= 15 is 0 Å². The number of fused-ring (bicyclic) bond motifs is 1. The Morgan fingerprint density at radius 2 is 1.76 bits per heavy atom. The van der Waals surface area contributed by atoms with Gasteiger partial charge in [-0.3, -0.25) is 14.4 Å². The van der Waals surface area contributed by atoms with Gasteiger partial charge in [0.05, 0.1) is 11.5 Å². The van der Waals surface area contributed by atoms with Gasteiger partial charge in [-0.15, -0.1) is 0 Å². The second-order valence-corrected chi connectivity index (χ2v) is 11.9. The van der Waals surface area contributed by atoms with Crippen LogP contribution < -0.4 is 16.4 Å². The van der Waals surface area contributed by atoms with Crippen LogP contribution in [0.4, 0.5) is 0 Å². The van der Waals surface area contributed by atoms with Crippen LogP contribution in [-0.2, 0) is 32.0 Å². The average Bonchev–Trinajstić information content (AvgIpc) is 3.00. The summed E-state index contributed by atoms with van der Waals surface area (Å²) in [7, 11) is 0. The van der Waals surface area contributed by atoms with Gasteiger partial charge in [-0.2, -0.15) is 0 Å². The third kappa shape index (κ3) is 7.20. The molecule has 0 aliphatic carbocycles. The van der Waals surface area contributed by atoms with Crippen LogP contribution >= 0.6 is 0 Å². The van der Waals surface area contributed by atoms with Crippen molar-refractivity contribution >= 4 is 17.7 Å². The van der Waals surface area contributed by atoms with Crippen molar-refractivity contribution in [3.8, 4) is 5.75 Å². The van der Waals surface area contributed by atoms with Crippen LogP contribution in [-0.4, -0.2) is 72.2 Å². The van der Waals surface area contributed by atoms with Crippen molar-refractivity contribution in [2.24, 2.45) is 17.1 Å². The number of carbonyl (C=O) groups excluding carboxylic acids is 3. The van der Waals surface area contributed by atoms with Crippen LogP contribution in [0.3, 0.4) is 0 Å². The molecule has 3 heterocycles. The van der Waals surface area contributed by atoms with Crippen molar-refractivity contribution in [1.29, 1.82) is 0 Å². The minimum atomic E-state index is -0.706. The minimum absolute atomic E-state index is 0.0157. The summed E-state index contributed by atoms with van der Waals surface area (Å²) in [6.07, 6.45) is 8.05. The van der Waals surface area contributed by atoms with E-state index in [1.54, 1.807) is 24.3 Å². The lowest BCUT2D eigenvalue weighted by Gasteiger charge is -2.41. The fraction of sp³-hybridized carbons (Fsp3) is 0.485. The summed E-state index contributed by atoms with van der Waals surface area (Å²) >= 11 is 0. The molecule has 0 aromatic heterocycles. The number of hydrogen-bond acceptors (Lipinski definition) is 6. The zero-order valence-electron chi connectivity index (χ0n) is 24.0. The number of hydrogen-bond donors (Lipinski definition) is 4. The first-order valence-corrected chi connectivity index (χ1v) is 15.0. The van der Waals surface area contributed by atoms with Crippen LogP contribution in [0.25, 0.3) is 0 Å². The van der Waals surface area contributed by atoms with E-state index in [1.807, 2.05) is 35.2 Å². The number of aromatic hydroxyl groups is 1. The van der Waals surface area contributed by atoms with E-state index < -0.39 is 17.5 Å². The molecule has 0 unspecified atom stereocenters. The fourth-order valence-corrected chi connectivity index (χ4v) is 6.39. The zero-order valence-corrected chi connectivity index (χ0v) is 24.0. The number of piperidine rings is 1. The lowest BCUT2D eigenvalue weighted by Crippen LogP contribution is -2.59. The molecule has 0 saturated carbocycles. The Hall–Kier alpha value is -3.69. The van der Waals surface area contributed by atoms with Crippen molar-refractivity contribution < 1.29 is 24.2 Å². The van der Waals surface area contributed by atoms with Crippen molar-refractivity contribution in [3.05, 3.63) is 77.9 Å². The van der Waals surface area contributed by atoms with Gasteiger partial charge in [0, 0.05) is 44.7 Å². The highest BCUT2D eigenvalue weighted by atomic mass is 16.5. The number of ether oxygens (including phenoxy) is 1. The predicted octanol–water partition coefficient (Wildman–Crippen LogP) is 2.47. The van der Waals surface area contributed by atoms with Crippen LogP contribution in [0.5, 0.6) is 5.75 Å². The van der Waals surface area contributed by atoms with Crippen LogP contribution in [0.1, 0.15) is 43.2 Å². The molecule has 224 valence electrons. The summed E-state index contributed by atoms with van der Waals surface area (Å²) in [5.41, 5.74) is 7.60. The maximum Gasteiger partial charge on any atom is 0.243 e. The second-order valence-electron chi connectivity index (χ2n) is 11.9. The van der Waals surface area contributed by atoms with Crippen molar-refractivity contribution in [2.45, 2.75) is 63.1 Å². The van der Waals surface area contributed by atoms with Crippen molar-refractivity contribution in [1.82, 2.24) is 15.5 Å². The highest BCUT2D eigenvalue weighted by Gasteiger charge is 2.42. The maximum absolute atomic E-state index is 13.8. The van der Waals surface area contributed by atoms with Gasteiger partial charge in [-0.1, -0.05) is 54.6 Å². The largest absolute Gasteiger partial charge is 0.508 e. The first-order chi connectivity index (χ1) is 20.3. The molecule has 2 fully saturated rings. The number of nitrogens with one attached hydrogen (secondary N) is 2. The third-order valence-corrected chi connectivity index (χ3v) is 9.03. The molecule has 0 radical (unpaired) electrons. The summed E-state index contributed by atoms with van der Waals surface area (Å²) in [6.45, 7) is 2.02. The molecule has 2 saturated heterocycles. The average molecular weight is 575 g/mol. The number of likely N-dealkylation sites (tertiary alicyclic amines) is 1. The number of rotatable bonds is 5. The van der Waals surface area contributed by atoms with E-state index in [-0.39, 0.29) is 35.4 Å². The van der Waals surface area contributed by atoms with Gasteiger partial charge in [0.1, 0.15) is 11.8 Å². The van der Waals surface area contributed by atoms with Crippen molar-refractivity contribution in [3.63, 3.8) is 0 Å². The number of phenols is 1. The van der Waals surface area contributed by atoms with Gasteiger partial charge < -0.3 is 31.1 Å². The number of nitrogens with zero attached hydrogens (tertiary/aromatic N) is 1. The Labute approximate surface area is 247 Å². The zero-order chi connectivity index (χ0) is 29.5. The van der Waals surface area contributed by atoms with E-state index in [0.29, 0.717) is 71.2 Å². The van der Waals surface area contributed by atoms with Crippen LogP contribution in [0.2, 0.25) is 0 Å². The first kappa shape index (κ1) is 29.8. The molecule has 42 heavy (non-hydrogen) atoms. The summed E-state index contributed by atoms with van der Waals surface area (Å²) in [6, 6.07) is 14.9. The monoisotopic (exact) mass is 574 g/mol. The molecule has 1 spiro atoms. The summed E-state index contributed by atoms with van der Waals surface area (Å²) in [5, 5.41) is 15.9. The van der Waals surface area contributed by atoms with Crippen molar-refractivity contribution in [2.75, 3.05) is 26.3 Å². The molecule has 2 aromatic carbocycles. The standard InChI is InChI=1S/C33H42N4O5/c34-27(20-24-9-11-26(38)12-10-24)31(40)37-17-13-28-25(22-37)8-4-5-14-33(15-18-42-19-16-33)32(41)36-29(30(39)35-28)21-23-6-2-1-3-7-23/h1-7,9-12,25,27-29,38H,8,13-22,34H2,(H,35,39)(H,36,41)/b5-4+/t25-,27+,28+,29+/m1/s1. The van der Waals surface area contributed by atoms with Gasteiger partial charge >= 0.3 is 0 Å². The molecule has 5 N–H and O–H groups in total. The lowest BCUT2D eigenvalue weighted by molar-refractivity contribution is -0.140. The quantitative estimate of drug-likeness (QED) is 0.406. The molecule has 3 amide bonds. The molecular formula is C33H42N4O5. The number of phenolic OH excluding ortho intramolecular Hbond substituents is 1. The number of amides is 3. The predicted molar refractivity (Wildman–Crippen MR) is 159 cm³/mol. The minimum Gasteiger partial charge on any atom is -0.508 e. The SMILES string of the molecule is N[C@@H](Cc1ccc(O)cc1)C(=O)N1CC[C@@H]2NC(=O)[C@H](Cc3ccccc3)NC(=O)C3(C/C=C/C[C@@H]2C1)CCOCC3. The maximum atomic E-state index is 13.8. The smallest absolute Gasteiger partial charge is 0.243 e. The first-order valence-electron chi connectivity index (χ1n) is 15.0. The lowest BCUT2D eigenvalue weighted by atomic mass is 9.75. The number of allylic oxidation sites excluding steroid dienone is 2. The number of benzene rings is 2. The molecule has 0 bridgehead atoms. The summed E-state index contributed by atoms with van der Waals surface area (Å²) in [5.74, 6) is -0.212. The van der Waals surface area contributed by atoms with Gasteiger partial charge in [0.2, 0.25) is 17.7 Å². The normalized spacial score (nSPS) is 26.1. The molecule has 3 aliphatic rings. The van der Waals surface area contributed by atoms with Gasteiger partial charge in [0.15, 0.2) is 0 Å². The Morgan fingerprint density at radius 3 is 2.50 bits per heavy atom. The van der Waals surface area contributed by atoms with E-state index in [0.717, 1.165) is 11.1 Å². The Bertz CT molecular complexity index is 1260. The Morgan fingerprint density at radius 1 is 1.02 bits per heavy atom.